The predicted molar refractivity (Wildman–Crippen MR) is 128 cm³/mol. The van der Waals surface area contributed by atoms with Crippen LogP contribution in [0.3, 0.4) is 0 Å². The molecule has 1 aliphatic heterocycles. The Kier molecular flexibility index (Phi) is 7.08. The van der Waals surface area contributed by atoms with Crippen LogP contribution in [0, 0.1) is 13.8 Å². The third kappa shape index (κ3) is 4.44. The highest BCUT2D eigenvalue weighted by Crippen LogP contribution is 2.51. The van der Waals surface area contributed by atoms with Gasteiger partial charge in [-0.1, -0.05) is 55.4 Å². The molecule has 0 saturated carbocycles. The van der Waals surface area contributed by atoms with E-state index in [1.165, 1.54) is 6.07 Å². The molecule has 174 valence electrons. The van der Waals surface area contributed by atoms with Crippen LogP contribution in [0.5, 0.6) is 0 Å². The zero-order chi connectivity index (χ0) is 24.4. The summed E-state index contributed by atoms with van der Waals surface area (Å²) < 4.78 is 30.7. The Morgan fingerprint density at radius 3 is 2.61 bits per heavy atom. The van der Waals surface area contributed by atoms with E-state index in [4.69, 9.17) is 16.4 Å². The van der Waals surface area contributed by atoms with Gasteiger partial charge in [-0.05, 0) is 61.7 Å². The molecule has 0 aliphatic carbocycles. The summed E-state index contributed by atoms with van der Waals surface area (Å²) in [6, 6.07) is 9.68. The summed E-state index contributed by atoms with van der Waals surface area (Å²) in [6.07, 6.45) is 2.39. The van der Waals surface area contributed by atoms with Gasteiger partial charge in [-0.3, -0.25) is 4.79 Å². The third-order valence-corrected chi connectivity index (χ3v) is 5.94. The van der Waals surface area contributed by atoms with Gasteiger partial charge in [-0.25, -0.2) is 0 Å². The first-order valence-electron chi connectivity index (χ1n) is 10.7. The lowest BCUT2D eigenvalue weighted by Crippen LogP contribution is -2.46. The molecule has 0 saturated heterocycles. The average Bonchev–Trinajstić information content (AvgIpc) is 3.11. The number of alkyl halides is 2. The lowest BCUT2D eigenvalue weighted by Gasteiger charge is -2.34. The molecule has 0 spiro atoms. The van der Waals surface area contributed by atoms with E-state index < -0.39 is 11.5 Å². The molecule has 0 aromatic heterocycles. The number of carbonyl (C=O) groups excluding carboxylic acids is 1. The number of nitrogens with zero attached hydrogens (tertiary/aromatic N) is 1. The van der Waals surface area contributed by atoms with Gasteiger partial charge < -0.3 is 10.2 Å². The highest BCUT2D eigenvalue weighted by atomic mass is 35.5. The Bertz CT molecular complexity index is 1120. The van der Waals surface area contributed by atoms with Crippen molar-refractivity contribution in [3.63, 3.8) is 0 Å². The molecule has 2 aromatic rings. The van der Waals surface area contributed by atoms with Crippen molar-refractivity contribution in [1.29, 1.82) is 0 Å². The van der Waals surface area contributed by atoms with Gasteiger partial charge in [0.25, 0.3) is 11.5 Å². The highest BCUT2D eigenvalue weighted by molar-refractivity contribution is 6.30. The molecule has 33 heavy (non-hydrogen) atoms. The maximum atomic E-state index is 15.3. The number of hydrogen-bond acceptors (Lipinski definition) is 3. The van der Waals surface area contributed by atoms with Gasteiger partial charge in [0.15, 0.2) is 0 Å². The standard InChI is InChI=1S/C26H27ClF2N2O2/c1-6-8-11-30-24(32)22-10-9-19(14-17(22)4)23-18(5)26(33-31-23,25(28,29)7-2)20-12-16(3)13-21(27)15-20/h7,9-10,12-15H,2,5-6,8,11H2,1,3-4H3,(H,30,32). The maximum Gasteiger partial charge on any atom is 0.316 e. The van der Waals surface area contributed by atoms with E-state index in [1.807, 2.05) is 6.92 Å². The lowest BCUT2D eigenvalue weighted by atomic mass is 9.78. The highest BCUT2D eigenvalue weighted by Gasteiger charge is 2.62. The third-order valence-electron chi connectivity index (χ3n) is 5.72. The van der Waals surface area contributed by atoms with Crippen LogP contribution in [-0.4, -0.2) is 24.1 Å². The molecule has 0 bridgehead atoms. The van der Waals surface area contributed by atoms with Gasteiger partial charge in [-0.15, -0.1) is 0 Å². The molecule has 7 heteroatoms. The second-order valence-corrected chi connectivity index (χ2v) is 8.61. The Balaban J connectivity index is 2.00. The second-order valence-electron chi connectivity index (χ2n) is 8.17. The molecule has 1 amide bonds. The number of rotatable bonds is 8. The van der Waals surface area contributed by atoms with Gasteiger partial charge in [-0.2, -0.15) is 8.78 Å². The van der Waals surface area contributed by atoms with Crippen molar-refractivity contribution in [2.75, 3.05) is 6.54 Å². The van der Waals surface area contributed by atoms with Crippen molar-refractivity contribution >= 4 is 23.2 Å². The minimum atomic E-state index is -3.53. The second kappa shape index (κ2) is 9.48. The number of unbranched alkanes of at least 4 members (excludes halogenated alkanes) is 1. The fourth-order valence-electron chi connectivity index (χ4n) is 3.92. The van der Waals surface area contributed by atoms with Crippen LogP contribution in [0.2, 0.25) is 5.02 Å². The summed E-state index contributed by atoms with van der Waals surface area (Å²) >= 11 is 6.17. The number of hydrogen-bond donors (Lipinski definition) is 1. The zero-order valence-corrected chi connectivity index (χ0v) is 19.7. The summed E-state index contributed by atoms with van der Waals surface area (Å²) in [7, 11) is 0. The largest absolute Gasteiger partial charge is 0.372 e. The lowest BCUT2D eigenvalue weighted by molar-refractivity contribution is -0.156. The van der Waals surface area contributed by atoms with E-state index in [1.54, 1.807) is 44.2 Å². The number of aryl methyl sites for hydroxylation is 2. The SMILES string of the molecule is C=CC(F)(F)C1(c2cc(C)cc(Cl)c2)ON=C(c2ccc(C(=O)NCCCC)c(C)c2)C1=C. The van der Waals surface area contributed by atoms with Gasteiger partial charge >= 0.3 is 5.92 Å². The van der Waals surface area contributed by atoms with E-state index in [0.29, 0.717) is 39.9 Å². The zero-order valence-electron chi connectivity index (χ0n) is 19.0. The first-order chi connectivity index (χ1) is 15.6. The van der Waals surface area contributed by atoms with E-state index >= 15 is 8.78 Å². The van der Waals surface area contributed by atoms with Crippen LogP contribution in [-0.2, 0) is 10.4 Å². The first-order valence-corrected chi connectivity index (χ1v) is 11.1. The number of carbonyl (C=O) groups is 1. The number of oxime groups is 1. The molecular formula is C26H27ClF2N2O2. The minimum Gasteiger partial charge on any atom is -0.372 e. The van der Waals surface area contributed by atoms with E-state index in [9.17, 15) is 4.79 Å². The molecule has 4 nitrogen and oxygen atoms in total. The quantitative estimate of drug-likeness (QED) is 0.352. The van der Waals surface area contributed by atoms with Gasteiger partial charge in [0, 0.05) is 33.8 Å². The minimum absolute atomic E-state index is 0.0198. The number of amides is 1. The topological polar surface area (TPSA) is 50.7 Å². The van der Waals surface area contributed by atoms with Crippen LogP contribution >= 0.6 is 11.6 Å². The number of halogens is 3. The Labute approximate surface area is 198 Å². The molecule has 1 N–H and O–H groups in total. The molecule has 1 atom stereocenters. The molecule has 2 aromatic carbocycles. The average molecular weight is 473 g/mol. The van der Waals surface area contributed by atoms with E-state index in [2.05, 4.69) is 23.6 Å². The van der Waals surface area contributed by atoms with Crippen LogP contribution in [0.1, 0.15) is 52.4 Å². The van der Waals surface area contributed by atoms with Crippen molar-refractivity contribution in [3.8, 4) is 0 Å². The normalized spacial score (nSPS) is 18.0. The smallest absolute Gasteiger partial charge is 0.316 e. The fraction of sp³-hybridized carbons (Fsp3) is 0.308. The van der Waals surface area contributed by atoms with E-state index in [0.717, 1.165) is 12.8 Å². The van der Waals surface area contributed by atoms with Crippen molar-refractivity contribution in [2.24, 2.45) is 5.16 Å². The summed E-state index contributed by atoms with van der Waals surface area (Å²) in [5.74, 6) is -3.71. The Hall–Kier alpha value is -2.99. The molecule has 0 radical (unpaired) electrons. The molecule has 1 heterocycles. The number of benzene rings is 2. The van der Waals surface area contributed by atoms with Crippen LogP contribution in [0.15, 0.2) is 66.4 Å². The summed E-state index contributed by atoms with van der Waals surface area (Å²) in [5, 5.41) is 7.18. The monoisotopic (exact) mass is 472 g/mol. The van der Waals surface area contributed by atoms with Crippen molar-refractivity contribution < 1.29 is 18.4 Å². The van der Waals surface area contributed by atoms with E-state index in [-0.39, 0.29) is 22.8 Å². The number of nitrogens with one attached hydrogen (secondary N) is 1. The first kappa shape index (κ1) is 24.6. The van der Waals surface area contributed by atoms with Crippen LogP contribution in [0.25, 0.3) is 0 Å². The summed E-state index contributed by atoms with van der Waals surface area (Å²) in [6.45, 7) is 13.4. The molecule has 0 fully saturated rings. The summed E-state index contributed by atoms with van der Waals surface area (Å²) in [4.78, 5) is 17.9. The van der Waals surface area contributed by atoms with Gasteiger partial charge in [0.05, 0.1) is 0 Å². The van der Waals surface area contributed by atoms with Crippen LogP contribution < -0.4 is 5.32 Å². The van der Waals surface area contributed by atoms with Crippen molar-refractivity contribution in [3.05, 3.63) is 94.0 Å². The Morgan fingerprint density at radius 1 is 1.27 bits per heavy atom. The van der Waals surface area contributed by atoms with Crippen molar-refractivity contribution in [2.45, 2.75) is 45.1 Å². The van der Waals surface area contributed by atoms with Crippen molar-refractivity contribution in [1.82, 2.24) is 5.32 Å². The summed E-state index contributed by atoms with van der Waals surface area (Å²) in [5.41, 5.74) is 0.397. The van der Waals surface area contributed by atoms with Crippen LogP contribution in [0.4, 0.5) is 8.78 Å². The Morgan fingerprint density at radius 2 is 2.00 bits per heavy atom. The predicted octanol–water partition coefficient (Wildman–Crippen LogP) is 6.49. The maximum absolute atomic E-state index is 15.3. The molecule has 3 rings (SSSR count). The molecule has 1 aliphatic rings. The van der Waals surface area contributed by atoms with Gasteiger partial charge in [0.1, 0.15) is 5.71 Å². The molecule has 1 unspecified atom stereocenters. The molecular weight excluding hydrogens is 446 g/mol. The van der Waals surface area contributed by atoms with Gasteiger partial charge in [0.2, 0.25) is 0 Å². The fourth-order valence-corrected chi connectivity index (χ4v) is 4.21.